The van der Waals surface area contributed by atoms with Crippen LogP contribution in [0.1, 0.15) is 51.2 Å². The summed E-state index contributed by atoms with van der Waals surface area (Å²) in [6.07, 6.45) is 4.80. The Hall–Kier alpha value is -1.04. The molecule has 0 heteroatoms. The van der Waals surface area contributed by atoms with Crippen molar-refractivity contribution in [3.05, 3.63) is 47.5 Å². The summed E-state index contributed by atoms with van der Waals surface area (Å²) in [5.41, 5.74) is 4.51. The van der Waals surface area contributed by atoms with E-state index in [1.807, 2.05) is 0 Å². The van der Waals surface area contributed by atoms with E-state index in [4.69, 9.17) is 0 Å². The molecule has 1 atom stereocenters. The zero-order chi connectivity index (χ0) is 12.9. The van der Waals surface area contributed by atoms with Gasteiger partial charge < -0.3 is 0 Å². The monoisotopic (exact) mass is 230 g/mol. The second-order valence-electron chi connectivity index (χ2n) is 5.27. The van der Waals surface area contributed by atoms with Gasteiger partial charge >= 0.3 is 0 Å². The summed E-state index contributed by atoms with van der Waals surface area (Å²) in [6, 6.07) is 8.73. The zero-order valence-corrected chi connectivity index (χ0v) is 11.8. The fourth-order valence-electron chi connectivity index (χ4n) is 2.71. The van der Waals surface area contributed by atoms with Crippen molar-refractivity contribution in [1.82, 2.24) is 0 Å². The third-order valence-electron chi connectivity index (χ3n) is 4.10. The molecule has 0 aliphatic rings. The summed E-state index contributed by atoms with van der Waals surface area (Å²) in [5, 5.41) is 0. The molecule has 0 heterocycles. The molecule has 1 aromatic carbocycles. The van der Waals surface area contributed by atoms with Crippen molar-refractivity contribution in [2.75, 3.05) is 0 Å². The molecule has 0 bridgehead atoms. The molecule has 0 aromatic heterocycles. The number of aryl methyl sites for hydroxylation is 1. The molecule has 0 saturated carbocycles. The standard InChI is InChI=1S/C17H26/c1-6-12-17(7-2,14(3)4)13-16-11-9-8-10-15(16)5/h8-11H,3,6-7,12-13H2,1-2,4-5H3. The maximum atomic E-state index is 4.24. The van der Waals surface area contributed by atoms with Crippen LogP contribution in [0.15, 0.2) is 36.4 Å². The summed E-state index contributed by atoms with van der Waals surface area (Å²) in [7, 11) is 0. The molecule has 0 aliphatic heterocycles. The Morgan fingerprint density at radius 2 is 1.88 bits per heavy atom. The van der Waals surface area contributed by atoms with E-state index in [2.05, 4.69) is 58.5 Å². The first-order valence-corrected chi connectivity index (χ1v) is 6.76. The highest BCUT2D eigenvalue weighted by atomic mass is 14.3. The third-order valence-corrected chi connectivity index (χ3v) is 4.10. The van der Waals surface area contributed by atoms with Crippen LogP contribution in [-0.4, -0.2) is 0 Å². The molecule has 94 valence electrons. The molecular weight excluding hydrogens is 204 g/mol. The Morgan fingerprint density at radius 1 is 1.24 bits per heavy atom. The first-order chi connectivity index (χ1) is 8.05. The minimum Gasteiger partial charge on any atom is -0.0996 e. The Kier molecular flexibility index (Phi) is 4.99. The summed E-state index contributed by atoms with van der Waals surface area (Å²) < 4.78 is 0. The van der Waals surface area contributed by atoms with Gasteiger partial charge in [0.15, 0.2) is 0 Å². The number of hydrogen-bond acceptors (Lipinski definition) is 0. The van der Waals surface area contributed by atoms with Gasteiger partial charge in [-0.3, -0.25) is 0 Å². The Labute approximate surface area is 107 Å². The minimum absolute atomic E-state index is 0.293. The molecule has 0 aliphatic carbocycles. The average molecular weight is 230 g/mol. The second-order valence-corrected chi connectivity index (χ2v) is 5.27. The largest absolute Gasteiger partial charge is 0.0996 e. The molecule has 0 spiro atoms. The lowest BCUT2D eigenvalue weighted by Gasteiger charge is -2.34. The second kappa shape index (κ2) is 6.05. The van der Waals surface area contributed by atoms with Gasteiger partial charge in [-0.25, -0.2) is 0 Å². The van der Waals surface area contributed by atoms with Crippen molar-refractivity contribution in [2.24, 2.45) is 5.41 Å². The molecule has 1 aromatic rings. The summed E-state index contributed by atoms with van der Waals surface area (Å²) in [5.74, 6) is 0. The molecule has 1 rings (SSSR count). The van der Waals surface area contributed by atoms with Crippen LogP contribution < -0.4 is 0 Å². The number of allylic oxidation sites excluding steroid dienone is 1. The fourth-order valence-corrected chi connectivity index (χ4v) is 2.71. The van der Waals surface area contributed by atoms with E-state index in [9.17, 15) is 0 Å². The van der Waals surface area contributed by atoms with Crippen LogP contribution >= 0.6 is 0 Å². The number of hydrogen-bond donors (Lipinski definition) is 0. The number of benzene rings is 1. The maximum Gasteiger partial charge on any atom is -0.00558 e. The maximum absolute atomic E-state index is 4.24. The highest BCUT2D eigenvalue weighted by molar-refractivity contribution is 5.28. The van der Waals surface area contributed by atoms with Gasteiger partial charge in [0, 0.05) is 0 Å². The summed E-state index contributed by atoms with van der Waals surface area (Å²) in [4.78, 5) is 0. The van der Waals surface area contributed by atoms with Crippen LogP contribution in [0.4, 0.5) is 0 Å². The SMILES string of the molecule is C=C(C)C(CC)(CCC)Cc1ccccc1C. The van der Waals surface area contributed by atoms with Crippen LogP contribution in [0.2, 0.25) is 0 Å². The van der Waals surface area contributed by atoms with Gasteiger partial charge in [-0.1, -0.05) is 56.7 Å². The van der Waals surface area contributed by atoms with Crippen molar-refractivity contribution in [3.63, 3.8) is 0 Å². The molecule has 17 heavy (non-hydrogen) atoms. The van der Waals surface area contributed by atoms with E-state index in [0.29, 0.717) is 5.41 Å². The Bertz CT molecular complexity index is 375. The van der Waals surface area contributed by atoms with Crippen molar-refractivity contribution >= 4 is 0 Å². The Balaban J connectivity index is 3.01. The molecule has 0 radical (unpaired) electrons. The summed E-state index contributed by atoms with van der Waals surface area (Å²) in [6.45, 7) is 13.2. The van der Waals surface area contributed by atoms with Gasteiger partial charge in [-0.05, 0) is 49.7 Å². The fraction of sp³-hybridized carbons (Fsp3) is 0.529. The van der Waals surface area contributed by atoms with Gasteiger partial charge in [0.05, 0.1) is 0 Å². The Morgan fingerprint density at radius 3 is 2.35 bits per heavy atom. The highest BCUT2D eigenvalue weighted by Gasteiger charge is 2.28. The predicted octanol–water partition coefficient (Wildman–Crippen LogP) is 5.31. The van der Waals surface area contributed by atoms with Crippen LogP contribution in [0.25, 0.3) is 0 Å². The predicted molar refractivity (Wildman–Crippen MR) is 77.3 cm³/mol. The lowest BCUT2D eigenvalue weighted by atomic mass is 9.70. The summed E-state index contributed by atoms with van der Waals surface area (Å²) >= 11 is 0. The first kappa shape index (κ1) is 14.0. The van der Waals surface area contributed by atoms with E-state index in [1.54, 1.807) is 0 Å². The molecule has 0 N–H and O–H groups in total. The van der Waals surface area contributed by atoms with E-state index >= 15 is 0 Å². The van der Waals surface area contributed by atoms with Crippen LogP contribution in [0, 0.1) is 12.3 Å². The van der Waals surface area contributed by atoms with Crippen LogP contribution in [0.3, 0.4) is 0 Å². The first-order valence-electron chi connectivity index (χ1n) is 6.76. The van der Waals surface area contributed by atoms with Crippen molar-refractivity contribution in [2.45, 2.75) is 53.4 Å². The molecule has 0 amide bonds. The normalized spacial score (nSPS) is 14.4. The van der Waals surface area contributed by atoms with E-state index in [1.165, 1.54) is 36.0 Å². The molecule has 0 nitrogen and oxygen atoms in total. The molecule has 1 unspecified atom stereocenters. The van der Waals surface area contributed by atoms with Gasteiger partial charge in [-0.2, -0.15) is 0 Å². The van der Waals surface area contributed by atoms with Gasteiger partial charge in [-0.15, -0.1) is 0 Å². The van der Waals surface area contributed by atoms with Crippen molar-refractivity contribution in [3.8, 4) is 0 Å². The van der Waals surface area contributed by atoms with E-state index in [-0.39, 0.29) is 0 Å². The third kappa shape index (κ3) is 3.21. The van der Waals surface area contributed by atoms with Crippen molar-refractivity contribution < 1.29 is 0 Å². The molecule has 0 fully saturated rings. The van der Waals surface area contributed by atoms with E-state index < -0.39 is 0 Å². The lowest BCUT2D eigenvalue weighted by Crippen LogP contribution is -2.24. The van der Waals surface area contributed by atoms with Crippen LogP contribution in [-0.2, 0) is 6.42 Å². The zero-order valence-electron chi connectivity index (χ0n) is 11.8. The minimum atomic E-state index is 0.293. The van der Waals surface area contributed by atoms with Gasteiger partial charge in [0.2, 0.25) is 0 Å². The van der Waals surface area contributed by atoms with E-state index in [0.717, 1.165) is 6.42 Å². The average Bonchev–Trinajstić information content (AvgIpc) is 2.31. The quantitative estimate of drug-likeness (QED) is 0.581. The molecular formula is C17H26. The molecule has 0 saturated heterocycles. The topological polar surface area (TPSA) is 0 Å². The lowest BCUT2D eigenvalue weighted by molar-refractivity contribution is 0.307. The highest BCUT2D eigenvalue weighted by Crippen LogP contribution is 2.39. The number of rotatable bonds is 6. The van der Waals surface area contributed by atoms with Crippen molar-refractivity contribution in [1.29, 1.82) is 0 Å². The van der Waals surface area contributed by atoms with Gasteiger partial charge in [0.25, 0.3) is 0 Å². The van der Waals surface area contributed by atoms with Gasteiger partial charge in [0.1, 0.15) is 0 Å². The van der Waals surface area contributed by atoms with Crippen LogP contribution in [0.5, 0.6) is 0 Å². The smallest absolute Gasteiger partial charge is 0.00558 e.